The van der Waals surface area contributed by atoms with E-state index < -0.39 is 37.7 Å². The molecule has 0 radical (unpaired) electrons. The third kappa shape index (κ3) is 15.0. The van der Waals surface area contributed by atoms with Crippen LogP contribution in [0.4, 0.5) is 10.2 Å². The maximum absolute atomic E-state index is 14.7. The highest BCUT2D eigenvalue weighted by molar-refractivity contribution is 7.52. The van der Waals surface area contributed by atoms with E-state index >= 15 is 0 Å². The molecule has 3 heterocycles. The number of hydrogen-bond acceptors (Lipinski definition) is 10. The number of nitrogen functional groups attached to an aromatic ring is 1. The largest absolute Gasteiger partial charge is 0.465 e. The Morgan fingerprint density at radius 3 is 2.12 bits per heavy atom. The summed E-state index contributed by atoms with van der Waals surface area (Å²) < 4.78 is 54.5. The van der Waals surface area contributed by atoms with Crippen LogP contribution in [0.1, 0.15) is 141 Å². The van der Waals surface area contributed by atoms with E-state index in [1.807, 2.05) is 30.3 Å². The van der Waals surface area contributed by atoms with Gasteiger partial charge in [-0.3, -0.25) is 13.9 Å². The van der Waals surface area contributed by atoms with Crippen molar-refractivity contribution in [2.24, 2.45) is 0 Å². The number of imidazole rings is 1. The highest BCUT2D eigenvalue weighted by atomic mass is 31.2. The molecular weight excluding hydrogens is 783 g/mol. The molecule has 0 spiro atoms. The fourth-order valence-corrected chi connectivity index (χ4v) is 9.06. The Morgan fingerprint density at radius 2 is 1.52 bits per heavy atom. The van der Waals surface area contributed by atoms with Crippen molar-refractivity contribution >= 4 is 30.7 Å². The van der Waals surface area contributed by atoms with Gasteiger partial charge in [0, 0.05) is 0 Å². The van der Waals surface area contributed by atoms with Gasteiger partial charge in [0.15, 0.2) is 22.6 Å². The summed E-state index contributed by atoms with van der Waals surface area (Å²) >= 11 is 0. The third-order valence-electron chi connectivity index (χ3n) is 11.0. The summed E-state index contributed by atoms with van der Waals surface area (Å²) in [5, 5.41) is 2.90. The van der Waals surface area contributed by atoms with E-state index in [0.717, 1.165) is 24.8 Å². The molecule has 2 aromatic carbocycles. The Morgan fingerprint density at radius 1 is 0.933 bits per heavy atom. The number of nitrogens with one attached hydrogen (secondary N) is 1. The van der Waals surface area contributed by atoms with Crippen molar-refractivity contribution in [2.45, 2.75) is 153 Å². The van der Waals surface area contributed by atoms with Crippen LogP contribution in [-0.4, -0.2) is 50.3 Å². The van der Waals surface area contributed by atoms with Crippen LogP contribution >= 0.6 is 7.75 Å². The van der Waals surface area contributed by atoms with Crippen LogP contribution in [-0.2, 0) is 29.8 Å². The van der Waals surface area contributed by atoms with Gasteiger partial charge < -0.3 is 19.7 Å². The first-order chi connectivity index (χ1) is 29.2. The maximum Gasteiger partial charge on any atom is 0.459 e. The lowest BCUT2D eigenvalue weighted by atomic mass is 10.0. The Bertz CT molecular complexity index is 1960. The van der Waals surface area contributed by atoms with Crippen LogP contribution in [0.15, 0.2) is 67.0 Å². The fraction of sp³-hybridized carbons (Fsp3) is 0.565. The smallest absolute Gasteiger partial charge is 0.459 e. The Hall–Kier alpha value is -4.34. The second-order valence-corrected chi connectivity index (χ2v) is 17.5. The molecule has 0 amide bonds. The Balaban J connectivity index is 1.12. The molecule has 1 fully saturated rings. The minimum atomic E-state index is -4.34. The standard InChI is InChI=1S/C46H64FN6O6P/c1-3-5-6-7-8-9-10-11-12-13-14-15-16-17-18-19-26-33-56-44(54)39(34-37-27-22-20-23-28-37)52-60(55,59-38-29-24-21-25-30-38)57-35-46(4-2)32-31-40(58-46)53-36-49-41-42(48)50-45(47)51-43(41)53/h2,20-25,27-30,36,39-40H,3,5-19,26,31-35H2,1H3,(H,52,55)(H2,48,50,51)/t39-,40+,46-,60?/m0/s1. The van der Waals surface area contributed by atoms with E-state index in [9.17, 15) is 13.8 Å². The molecule has 1 unspecified atom stereocenters. The van der Waals surface area contributed by atoms with Gasteiger partial charge in [0.1, 0.15) is 18.0 Å². The number of halogens is 1. The number of esters is 1. The molecule has 1 aliphatic rings. The number of terminal acetylenes is 1. The number of fused-ring (bicyclic) bond motifs is 1. The third-order valence-corrected chi connectivity index (χ3v) is 12.5. The van der Waals surface area contributed by atoms with Gasteiger partial charge in [-0.05, 0) is 43.4 Å². The maximum atomic E-state index is 14.7. The minimum Gasteiger partial charge on any atom is -0.465 e. The summed E-state index contributed by atoms with van der Waals surface area (Å²) in [6, 6.07) is 16.8. The second-order valence-electron chi connectivity index (χ2n) is 15.8. The number of unbranched alkanes of at least 4 members (excludes halogenated alkanes) is 16. The lowest BCUT2D eigenvalue weighted by Crippen LogP contribution is -2.41. The first-order valence-corrected chi connectivity index (χ1v) is 23.6. The first kappa shape index (κ1) is 46.7. The van der Waals surface area contributed by atoms with Crippen molar-refractivity contribution in [1.29, 1.82) is 0 Å². The molecule has 12 nitrogen and oxygen atoms in total. The second kappa shape index (κ2) is 24.8. The van der Waals surface area contributed by atoms with Crippen molar-refractivity contribution in [3.8, 4) is 18.1 Å². The summed E-state index contributed by atoms with van der Waals surface area (Å²) in [5.74, 6) is 2.25. The Labute approximate surface area is 355 Å². The zero-order valence-electron chi connectivity index (χ0n) is 35.3. The van der Waals surface area contributed by atoms with Gasteiger partial charge in [-0.1, -0.05) is 164 Å². The number of anilines is 1. The molecule has 5 rings (SSSR count). The highest BCUT2D eigenvalue weighted by Crippen LogP contribution is 2.48. The topological polar surface area (TPSA) is 153 Å². The van der Waals surface area contributed by atoms with Crippen molar-refractivity contribution in [3.63, 3.8) is 0 Å². The molecule has 4 atom stereocenters. The predicted molar refractivity (Wildman–Crippen MR) is 233 cm³/mol. The number of nitrogens with two attached hydrogens (primary N) is 1. The molecule has 0 aliphatic carbocycles. The van der Waals surface area contributed by atoms with Crippen LogP contribution in [0, 0.1) is 18.4 Å². The molecule has 0 bridgehead atoms. The van der Waals surface area contributed by atoms with Crippen molar-refractivity contribution in [1.82, 2.24) is 24.6 Å². The van der Waals surface area contributed by atoms with E-state index in [2.05, 4.69) is 32.9 Å². The molecule has 3 N–H and O–H groups in total. The number of nitrogens with zero attached hydrogens (tertiary/aromatic N) is 4. The molecule has 326 valence electrons. The van der Waals surface area contributed by atoms with Gasteiger partial charge in [0.2, 0.25) is 0 Å². The van der Waals surface area contributed by atoms with Crippen molar-refractivity contribution in [2.75, 3.05) is 18.9 Å². The van der Waals surface area contributed by atoms with Gasteiger partial charge in [-0.2, -0.15) is 19.4 Å². The lowest BCUT2D eigenvalue weighted by Gasteiger charge is -2.29. The van der Waals surface area contributed by atoms with Gasteiger partial charge >= 0.3 is 19.8 Å². The number of para-hydroxylation sites is 1. The number of benzene rings is 2. The summed E-state index contributed by atoms with van der Waals surface area (Å²) in [5.41, 5.74) is 5.70. The average molecular weight is 847 g/mol. The SMILES string of the molecule is C#C[C@@]1(COP(=O)(N[C@@H](Cc2ccccc2)C(=O)OCCCCCCCCCCCCCCCCCCC)Oc2ccccc2)CC[C@H](n2cnc3c(N)nc(F)nc32)O1. The first-order valence-electron chi connectivity index (χ1n) is 22.0. The zero-order valence-corrected chi connectivity index (χ0v) is 36.2. The average Bonchev–Trinajstić information content (AvgIpc) is 3.88. The van der Waals surface area contributed by atoms with E-state index in [4.69, 9.17) is 30.7 Å². The molecule has 1 saturated heterocycles. The van der Waals surface area contributed by atoms with Crippen LogP contribution in [0.3, 0.4) is 0 Å². The van der Waals surface area contributed by atoms with Crippen molar-refractivity contribution in [3.05, 3.63) is 78.6 Å². The van der Waals surface area contributed by atoms with E-state index in [1.54, 1.807) is 30.3 Å². The normalized spacial score (nSPS) is 17.9. The minimum absolute atomic E-state index is 0.102. The number of carbonyl (C=O) groups is 1. The summed E-state index contributed by atoms with van der Waals surface area (Å²) in [7, 11) is -4.34. The number of rotatable bonds is 29. The number of hydrogen-bond donors (Lipinski definition) is 2. The lowest BCUT2D eigenvalue weighted by molar-refractivity contribution is -0.146. The summed E-state index contributed by atoms with van der Waals surface area (Å²) in [4.78, 5) is 25.4. The molecule has 0 saturated carbocycles. The molecular formula is C46H64FN6O6P. The molecule has 4 aromatic rings. The number of carbonyl (C=O) groups excluding carboxylic acids is 1. The summed E-state index contributed by atoms with van der Waals surface area (Å²) in [6.07, 6.45) is 28.0. The van der Waals surface area contributed by atoms with Crippen LogP contribution in [0.2, 0.25) is 0 Å². The van der Waals surface area contributed by atoms with Crippen LogP contribution in [0.25, 0.3) is 11.2 Å². The quantitative estimate of drug-likeness (QED) is 0.0176. The van der Waals surface area contributed by atoms with Crippen molar-refractivity contribution < 1.29 is 32.3 Å². The predicted octanol–water partition coefficient (Wildman–Crippen LogP) is 10.8. The van der Waals surface area contributed by atoms with Crippen LogP contribution < -0.4 is 15.3 Å². The summed E-state index contributed by atoms with van der Waals surface area (Å²) in [6.45, 7) is 2.15. The van der Waals surface area contributed by atoms with Gasteiger partial charge in [0.25, 0.3) is 0 Å². The monoisotopic (exact) mass is 846 g/mol. The van der Waals surface area contributed by atoms with Gasteiger partial charge in [0.05, 0.1) is 19.5 Å². The molecule has 1 aliphatic heterocycles. The Kier molecular flexibility index (Phi) is 19.3. The van der Waals surface area contributed by atoms with Gasteiger partial charge in [-0.25, -0.2) is 9.55 Å². The molecule has 14 heteroatoms. The van der Waals surface area contributed by atoms with Gasteiger partial charge in [-0.15, -0.1) is 6.42 Å². The fourth-order valence-electron chi connectivity index (χ4n) is 7.53. The highest BCUT2D eigenvalue weighted by Gasteiger charge is 2.44. The number of ether oxygens (including phenoxy) is 2. The molecule has 60 heavy (non-hydrogen) atoms. The van der Waals surface area contributed by atoms with Crippen LogP contribution in [0.5, 0.6) is 5.75 Å². The van der Waals surface area contributed by atoms with E-state index in [-0.39, 0.29) is 48.8 Å². The molecule has 2 aromatic heterocycles. The number of aromatic nitrogens is 4. The zero-order chi connectivity index (χ0) is 42.5. The van der Waals surface area contributed by atoms with E-state index in [1.165, 1.54) is 101 Å². The van der Waals surface area contributed by atoms with E-state index in [0.29, 0.717) is 6.42 Å².